The molecule has 0 unspecified atom stereocenters. The average Bonchev–Trinajstić information content (AvgIpc) is 2.47. The highest BCUT2D eigenvalue weighted by molar-refractivity contribution is 6.74. The van der Waals surface area contributed by atoms with Crippen molar-refractivity contribution < 1.29 is 28.2 Å². The summed E-state index contributed by atoms with van der Waals surface area (Å²) in [5, 5.41) is 0.154. The number of hydrogen-bond donors (Lipinski definition) is 0. The molecule has 0 aromatic rings. The van der Waals surface area contributed by atoms with E-state index in [1.807, 2.05) is 0 Å². The van der Waals surface area contributed by atoms with Gasteiger partial charge < -0.3 is 23.4 Å². The number of methoxy groups -OCH3 is 1. The molecule has 1 aliphatic heterocycles. The molecular weight excluding hydrogens is 328 g/mol. The Morgan fingerprint density at radius 3 is 2.54 bits per heavy atom. The number of hydrogen-bond acceptors (Lipinski definition) is 6. The first-order valence-electron chi connectivity index (χ1n) is 8.38. The minimum atomic E-state index is -1.81. The Balaban J connectivity index is 2.44. The van der Waals surface area contributed by atoms with Crippen LogP contribution < -0.4 is 0 Å². The molecule has 2 atom stereocenters. The van der Waals surface area contributed by atoms with Crippen LogP contribution in [0.3, 0.4) is 0 Å². The van der Waals surface area contributed by atoms with Crippen LogP contribution in [0.25, 0.3) is 0 Å². The van der Waals surface area contributed by atoms with Gasteiger partial charge in [0.15, 0.2) is 8.32 Å². The van der Waals surface area contributed by atoms with Crippen molar-refractivity contribution in [3.8, 4) is 0 Å². The molecule has 140 valence electrons. The van der Waals surface area contributed by atoms with Gasteiger partial charge in [0.2, 0.25) is 0 Å². The van der Waals surface area contributed by atoms with E-state index in [-0.39, 0.29) is 30.0 Å². The third-order valence-electron chi connectivity index (χ3n) is 4.50. The van der Waals surface area contributed by atoms with Crippen molar-refractivity contribution in [3.63, 3.8) is 0 Å². The van der Waals surface area contributed by atoms with Crippen LogP contribution in [0.15, 0.2) is 12.2 Å². The molecule has 0 aliphatic carbocycles. The van der Waals surface area contributed by atoms with Crippen LogP contribution >= 0.6 is 0 Å². The number of rotatable bonds is 10. The third-order valence-corrected chi connectivity index (χ3v) is 9.04. The van der Waals surface area contributed by atoms with Crippen LogP contribution in [0.2, 0.25) is 18.1 Å². The van der Waals surface area contributed by atoms with Crippen molar-refractivity contribution in [1.82, 2.24) is 0 Å². The largest absolute Gasteiger partial charge is 0.456 e. The fourth-order valence-electron chi connectivity index (χ4n) is 1.91. The quantitative estimate of drug-likeness (QED) is 0.258. The van der Waals surface area contributed by atoms with Crippen molar-refractivity contribution in [2.24, 2.45) is 0 Å². The Bertz CT molecular complexity index is 416. The Kier molecular flexibility index (Phi) is 8.59. The van der Waals surface area contributed by atoms with E-state index in [0.717, 1.165) is 0 Å². The summed E-state index contributed by atoms with van der Waals surface area (Å²) >= 11 is 0. The molecule has 0 radical (unpaired) electrons. The van der Waals surface area contributed by atoms with E-state index in [1.54, 1.807) is 13.2 Å². The van der Waals surface area contributed by atoms with Gasteiger partial charge in [-0.2, -0.15) is 0 Å². The van der Waals surface area contributed by atoms with Crippen LogP contribution in [0.1, 0.15) is 27.2 Å². The Morgan fingerprint density at radius 2 is 1.92 bits per heavy atom. The second-order valence-electron chi connectivity index (χ2n) is 7.38. The molecule has 0 fully saturated rings. The van der Waals surface area contributed by atoms with Gasteiger partial charge in [-0.1, -0.05) is 20.8 Å². The second kappa shape index (κ2) is 9.67. The highest BCUT2D eigenvalue weighted by Gasteiger charge is 2.37. The fraction of sp³-hybridized carbons (Fsp3) is 0.824. The third kappa shape index (κ3) is 7.02. The minimum absolute atomic E-state index is 0.134. The monoisotopic (exact) mass is 360 g/mol. The summed E-state index contributed by atoms with van der Waals surface area (Å²) in [6.07, 6.45) is 3.06. The van der Waals surface area contributed by atoms with Gasteiger partial charge in [0.25, 0.3) is 0 Å². The van der Waals surface area contributed by atoms with Crippen molar-refractivity contribution in [1.29, 1.82) is 0 Å². The molecule has 0 N–H and O–H groups in total. The van der Waals surface area contributed by atoms with Crippen molar-refractivity contribution in [3.05, 3.63) is 12.2 Å². The average molecular weight is 361 g/mol. The lowest BCUT2D eigenvalue weighted by Gasteiger charge is -2.37. The SMILES string of the molecule is COCCOCO[C@@H]1C=CC(=O)O[C@@H]1CCO[Si](C)(C)C(C)(C)C. The summed E-state index contributed by atoms with van der Waals surface area (Å²) < 4.78 is 27.4. The normalized spacial score (nSPS) is 21.8. The van der Waals surface area contributed by atoms with Gasteiger partial charge in [0, 0.05) is 26.2 Å². The summed E-state index contributed by atoms with van der Waals surface area (Å²) in [6.45, 7) is 12.7. The van der Waals surface area contributed by atoms with E-state index in [9.17, 15) is 4.79 Å². The van der Waals surface area contributed by atoms with Gasteiger partial charge in [0.1, 0.15) is 19.0 Å². The lowest BCUT2D eigenvalue weighted by molar-refractivity contribution is -0.162. The molecule has 0 bridgehead atoms. The molecule has 0 aromatic carbocycles. The maximum atomic E-state index is 11.5. The standard InChI is InChI=1S/C17H32O6Si/c1-17(2,3)24(5,6)22-10-9-15-14(7-8-16(18)23-15)21-13-20-12-11-19-4/h7-8,14-15H,9-13H2,1-6H3/t14-,15-/m1/s1. The zero-order chi connectivity index (χ0) is 18.2. The number of carbonyl (C=O) groups excluding carboxylic acids is 1. The van der Waals surface area contributed by atoms with Crippen LogP contribution in [0.5, 0.6) is 0 Å². The van der Waals surface area contributed by atoms with Crippen molar-refractivity contribution >= 4 is 14.3 Å². The van der Waals surface area contributed by atoms with E-state index in [4.69, 9.17) is 23.4 Å². The van der Waals surface area contributed by atoms with Gasteiger partial charge >= 0.3 is 5.97 Å². The van der Waals surface area contributed by atoms with Crippen LogP contribution in [0.4, 0.5) is 0 Å². The molecular formula is C17H32O6Si. The zero-order valence-corrected chi connectivity index (χ0v) is 16.8. The summed E-state index contributed by atoms with van der Waals surface area (Å²) in [4.78, 5) is 11.5. The van der Waals surface area contributed by atoms with Crippen LogP contribution in [-0.4, -0.2) is 60.2 Å². The maximum absolute atomic E-state index is 11.5. The molecule has 1 aliphatic rings. The molecule has 7 heteroatoms. The molecule has 6 nitrogen and oxygen atoms in total. The Labute approximate surface area is 146 Å². The highest BCUT2D eigenvalue weighted by atomic mass is 28.4. The molecule has 24 heavy (non-hydrogen) atoms. The molecule has 1 rings (SSSR count). The van der Waals surface area contributed by atoms with E-state index in [2.05, 4.69) is 33.9 Å². The van der Waals surface area contributed by atoms with Gasteiger partial charge in [-0.05, 0) is 24.2 Å². The summed E-state index contributed by atoms with van der Waals surface area (Å²) in [7, 11) is -0.190. The molecule has 0 saturated carbocycles. The first-order chi connectivity index (χ1) is 11.2. The number of cyclic esters (lactones) is 1. The summed E-state index contributed by atoms with van der Waals surface area (Å²) in [5.74, 6) is -0.340. The van der Waals surface area contributed by atoms with Gasteiger partial charge in [-0.15, -0.1) is 0 Å². The molecule has 0 saturated heterocycles. The van der Waals surface area contributed by atoms with Gasteiger partial charge in [-0.3, -0.25) is 0 Å². The van der Waals surface area contributed by atoms with Gasteiger partial charge in [-0.25, -0.2) is 4.79 Å². The number of esters is 1. The lowest BCUT2D eigenvalue weighted by atomic mass is 10.1. The predicted molar refractivity (Wildman–Crippen MR) is 94.4 cm³/mol. The first kappa shape index (κ1) is 21.3. The fourth-order valence-corrected chi connectivity index (χ4v) is 2.97. The van der Waals surface area contributed by atoms with Crippen LogP contribution in [0, 0.1) is 0 Å². The van der Waals surface area contributed by atoms with Gasteiger partial charge in [0.05, 0.1) is 13.2 Å². The van der Waals surface area contributed by atoms with Crippen molar-refractivity contribution in [2.75, 3.05) is 33.7 Å². The molecule has 0 aromatic heterocycles. The van der Waals surface area contributed by atoms with E-state index in [0.29, 0.717) is 26.2 Å². The number of ether oxygens (including phenoxy) is 4. The van der Waals surface area contributed by atoms with Crippen LogP contribution in [-0.2, 0) is 28.2 Å². The highest BCUT2D eigenvalue weighted by Crippen LogP contribution is 2.36. The van der Waals surface area contributed by atoms with Crippen molar-refractivity contribution in [2.45, 2.75) is 57.5 Å². The van der Waals surface area contributed by atoms with E-state index in [1.165, 1.54) is 6.08 Å². The van der Waals surface area contributed by atoms with E-state index >= 15 is 0 Å². The molecule has 0 spiro atoms. The van der Waals surface area contributed by atoms with E-state index < -0.39 is 8.32 Å². The zero-order valence-electron chi connectivity index (χ0n) is 15.8. The summed E-state index contributed by atoms with van der Waals surface area (Å²) in [6, 6.07) is 0. The topological polar surface area (TPSA) is 63.2 Å². The second-order valence-corrected chi connectivity index (χ2v) is 12.2. The Hall–Kier alpha value is -0.733. The minimum Gasteiger partial charge on any atom is -0.456 e. The number of carbonyl (C=O) groups is 1. The molecule has 0 amide bonds. The summed E-state index contributed by atoms with van der Waals surface area (Å²) in [5.41, 5.74) is 0. The predicted octanol–water partition coefficient (Wildman–Crippen LogP) is 2.89. The lowest BCUT2D eigenvalue weighted by Crippen LogP contribution is -2.42. The Morgan fingerprint density at radius 1 is 1.21 bits per heavy atom. The molecule has 1 heterocycles. The smallest absolute Gasteiger partial charge is 0.330 e. The first-order valence-corrected chi connectivity index (χ1v) is 11.3. The maximum Gasteiger partial charge on any atom is 0.330 e.